The fraction of sp³-hybridized carbons (Fsp3) is 0.316. The van der Waals surface area contributed by atoms with Crippen molar-refractivity contribution in [2.45, 2.75) is 37.6 Å². The van der Waals surface area contributed by atoms with E-state index >= 15 is 0 Å². The Kier molecular flexibility index (Phi) is 8.03. The van der Waals surface area contributed by atoms with Gasteiger partial charge in [0.05, 0.1) is 18.2 Å². The number of thioether (sulfide) groups is 1. The zero-order chi connectivity index (χ0) is 19.0. The van der Waals surface area contributed by atoms with Gasteiger partial charge in [-0.15, -0.1) is 11.8 Å². The number of carbonyl (C=O) groups excluding carboxylic acids is 1. The molecule has 0 saturated heterocycles. The third kappa shape index (κ3) is 6.12. The minimum atomic E-state index is -4.31. The quantitative estimate of drug-likeness (QED) is 0.479. The van der Waals surface area contributed by atoms with Crippen LogP contribution in [0.4, 0.5) is 13.2 Å². The van der Waals surface area contributed by atoms with Gasteiger partial charge < -0.3 is 4.74 Å². The summed E-state index contributed by atoms with van der Waals surface area (Å²) in [6.07, 6.45) is -4.31. The SMILES string of the molecule is CC.COC(=O)c1ccc(SCc2ccc(C(F)(F)F)cc2)c(C)c1. The summed E-state index contributed by atoms with van der Waals surface area (Å²) in [6.45, 7) is 5.88. The van der Waals surface area contributed by atoms with Crippen LogP contribution < -0.4 is 0 Å². The highest BCUT2D eigenvalue weighted by Gasteiger charge is 2.29. The molecule has 0 saturated carbocycles. The zero-order valence-corrected chi connectivity index (χ0v) is 15.4. The largest absolute Gasteiger partial charge is 0.465 e. The van der Waals surface area contributed by atoms with E-state index in [1.165, 1.54) is 31.0 Å². The lowest BCUT2D eigenvalue weighted by Crippen LogP contribution is -2.04. The van der Waals surface area contributed by atoms with Gasteiger partial charge >= 0.3 is 12.1 Å². The van der Waals surface area contributed by atoms with Crippen molar-refractivity contribution in [3.8, 4) is 0 Å². The summed E-state index contributed by atoms with van der Waals surface area (Å²) in [5, 5.41) is 0. The Bertz CT molecular complexity index is 695. The van der Waals surface area contributed by atoms with E-state index in [0.717, 1.165) is 28.2 Å². The number of benzene rings is 2. The molecule has 0 aromatic heterocycles. The molecule has 6 heteroatoms. The molecular formula is C19H21F3O2S. The molecule has 0 amide bonds. The standard InChI is InChI=1S/C17H15F3O2S.C2H6/c1-11-9-13(16(21)22-2)5-8-15(11)23-10-12-3-6-14(7-4-12)17(18,19)20;1-2/h3-9H,10H2,1-2H3;1-2H3. The maximum absolute atomic E-state index is 12.5. The van der Waals surface area contributed by atoms with Gasteiger partial charge in [-0.05, 0) is 48.4 Å². The summed E-state index contributed by atoms with van der Waals surface area (Å²) in [4.78, 5) is 12.4. The van der Waals surface area contributed by atoms with Gasteiger partial charge in [0.15, 0.2) is 0 Å². The third-order valence-electron chi connectivity index (χ3n) is 3.27. The molecule has 0 radical (unpaired) electrons. The lowest BCUT2D eigenvalue weighted by Gasteiger charge is -2.09. The van der Waals surface area contributed by atoms with Crippen molar-refractivity contribution in [3.05, 3.63) is 64.7 Å². The predicted molar refractivity (Wildman–Crippen MR) is 94.9 cm³/mol. The molecule has 0 aliphatic heterocycles. The fourth-order valence-corrected chi connectivity index (χ4v) is 2.97. The molecular weight excluding hydrogens is 349 g/mol. The van der Waals surface area contributed by atoms with Gasteiger partial charge in [-0.25, -0.2) is 4.79 Å². The molecule has 0 aliphatic rings. The van der Waals surface area contributed by atoms with E-state index in [-0.39, 0.29) is 0 Å². The molecule has 0 unspecified atom stereocenters. The van der Waals surface area contributed by atoms with Crippen molar-refractivity contribution in [2.24, 2.45) is 0 Å². The molecule has 2 nitrogen and oxygen atoms in total. The number of ether oxygens (including phenoxy) is 1. The van der Waals surface area contributed by atoms with Gasteiger partial charge in [-0.3, -0.25) is 0 Å². The van der Waals surface area contributed by atoms with Crippen LogP contribution in [-0.4, -0.2) is 13.1 Å². The summed E-state index contributed by atoms with van der Waals surface area (Å²) >= 11 is 1.51. The van der Waals surface area contributed by atoms with Crippen LogP contribution in [0, 0.1) is 6.92 Å². The Morgan fingerprint density at radius 1 is 1.08 bits per heavy atom. The van der Waals surface area contributed by atoms with E-state index in [0.29, 0.717) is 11.3 Å². The molecule has 0 fully saturated rings. The van der Waals surface area contributed by atoms with Gasteiger partial charge in [-0.1, -0.05) is 26.0 Å². The number of hydrogen-bond donors (Lipinski definition) is 0. The molecule has 0 spiro atoms. The smallest absolute Gasteiger partial charge is 0.416 e. The Morgan fingerprint density at radius 2 is 1.68 bits per heavy atom. The van der Waals surface area contributed by atoms with Gasteiger partial charge in [0, 0.05) is 10.6 Å². The first kappa shape index (κ1) is 21.1. The summed E-state index contributed by atoms with van der Waals surface area (Å²) in [6, 6.07) is 10.4. The molecule has 0 atom stereocenters. The molecule has 2 rings (SSSR count). The number of carbonyl (C=O) groups is 1. The van der Waals surface area contributed by atoms with E-state index < -0.39 is 17.7 Å². The molecule has 136 valence electrons. The van der Waals surface area contributed by atoms with Crippen LogP contribution in [-0.2, 0) is 16.7 Å². The Balaban J connectivity index is 0.00000151. The van der Waals surface area contributed by atoms with Gasteiger partial charge in [0.2, 0.25) is 0 Å². The van der Waals surface area contributed by atoms with Crippen LogP contribution in [0.3, 0.4) is 0 Å². The lowest BCUT2D eigenvalue weighted by atomic mass is 10.1. The van der Waals surface area contributed by atoms with Crippen LogP contribution in [0.15, 0.2) is 47.4 Å². The minimum Gasteiger partial charge on any atom is -0.465 e. The zero-order valence-electron chi connectivity index (χ0n) is 14.6. The number of methoxy groups -OCH3 is 1. The number of alkyl halides is 3. The summed E-state index contributed by atoms with van der Waals surface area (Å²) in [7, 11) is 1.32. The average molecular weight is 370 g/mol. The van der Waals surface area contributed by atoms with Crippen molar-refractivity contribution in [1.82, 2.24) is 0 Å². The number of rotatable bonds is 4. The van der Waals surface area contributed by atoms with E-state index in [2.05, 4.69) is 4.74 Å². The van der Waals surface area contributed by atoms with Crippen molar-refractivity contribution in [1.29, 1.82) is 0 Å². The molecule has 25 heavy (non-hydrogen) atoms. The van der Waals surface area contributed by atoms with Crippen molar-refractivity contribution >= 4 is 17.7 Å². The number of halogens is 3. The Morgan fingerprint density at radius 3 is 2.16 bits per heavy atom. The first-order chi connectivity index (χ1) is 11.8. The van der Waals surface area contributed by atoms with E-state index in [9.17, 15) is 18.0 Å². The van der Waals surface area contributed by atoms with Crippen LogP contribution in [0.5, 0.6) is 0 Å². The molecule has 0 heterocycles. The second kappa shape index (κ2) is 9.51. The van der Waals surface area contributed by atoms with Crippen LogP contribution >= 0.6 is 11.8 Å². The topological polar surface area (TPSA) is 26.3 Å². The van der Waals surface area contributed by atoms with E-state index in [4.69, 9.17) is 0 Å². The molecule has 0 N–H and O–H groups in total. The minimum absolute atomic E-state index is 0.396. The molecule has 0 bridgehead atoms. The molecule has 2 aromatic rings. The fourth-order valence-electron chi connectivity index (χ4n) is 2.01. The van der Waals surface area contributed by atoms with Crippen molar-refractivity contribution in [3.63, 3.8) is 0 Å². The lowest BCUT2D eigenvalue weighted by molar-refractivity contribution is -0.137. The number of hydrogen-bond acceptors (Lipinski definition) is 3. The average Bonchev–Trinajstić information content (AvgIpc) is 2.61. The summed E-state index contributed by atoms with van der Waals surface area (Å²) in [5.41, 5.74) is 1.55. The van der Waals surface area contributed by atoms with E-state index in [1.807, 2.05) is 26.8 Å². The van der Waals surface area contributed by atoms with E-state index in [1.54, 1.807) is 12.1 Å². The van der Waals surface area contributed by atoms with Crippen molar-refractivity contribution < 1.29 is 22.7 Å². The second-order valence-electron chi connectivity index (χ2n) is 4.96. The summed E-state index contributed by atoms with van der Waals surface area (Å²) < 4.78 is 42.2. The van der Waals surface area contributed by atoms with Crippen LogP contribution in [0.1, 0.15) is 40.9 Å². The number of esters is 1. The first-order valence-electron chi connectivity index (χ1n) is 7.79. The van der Waals surface area contributed by atoms with Gasteiger partial charge in [-0.2, -0.15) is 13.2 Å². The predicted octanol–water partition coefficient (Wildman–Crippen LogP) is 6.12. The third-order valence-corrected chi connectivity index (χ3v) is 4.52. The van der Waals surface area contributed by atoms with Crippen LogP contribution in [0.2, 0.25) is 0 Å². The monoisotopic (exact) mass is 370 g/mol. The highest BCUT2D eigenvalue weighted by molar-refractivity contribution is 7.98. The van der Waals surface area contributed by atoms with Gasteiger partial charge in [0.25, 0.3) is 0 Å². The van der Waals surface area contributed by atoms with Gasteiger partial charge in [0.1, 0.15) is 0 Å². The number of aryl methyl sites for hydroxylation is 1. The first-order valence-corrected chi connectivity index (χ1v) is 8.77. The Labute approximate surface area is 150 Å². The normalized spacial score (nSPS) is 10.7. The maximum atomic E-state index is 12.5. The highest BCUT2D eigenvalue weighted by atomic mass is 32.2. The highest BCUT2D eigenvalue weighted by Crippen LogP contribution is 2.31. The second-order valence-corrected chi connectivity index (χ2v) is 5.97. The maximum Gasteiger partial charge on any atom is 0.416 e. The molecule has 2 aromatic carbocycles. The Hall–Kier alpha value is -1.95. The van der Waals surface area contributed by atoms with Crippen molar-refractivity contribution in [2.75, 3.05) is 7.11 Å². The van der Waals surface area contributed by atoms with Crippen LogP contribution in [0.25, 0.3) is 0 Å². The summed E-state index contributed by atoms with van der Waals surface area (Å²) in [5.74, 6) is 0.156. The molecule has 0 aliphatic carbocycles.